The van der Waals surface area contributed by atoms with E-state index in [1.165, 1.54) is 19.2 Å². The average Bonchev–Trinajstić information content (AvgIpc) is 2.19. The van der Waals surface area contributed by atoms with E-state index in [1.807, 2.05) is 6.92 Å². The second-order valence-corrected chi connectivity index (χ2v) is 4.78. The van der Waals surface area contributed by atoms with Gasteiger partial charge in [0.1, 0.15) is 6.34 Å². The Balaban J connectivity index is 3.16. The van der Waals surface area contributed by atoms with E-state index in [9.17, 15) is 8.42 Å². The molecule has 0 aliphatic rings. The second kappa shape index (κ2) is 4.41. The fraction of sp³-hybridized carbons (Fsp3) is 0.222. The van der Waals surface area contributed by atoms with Crippen molar-refractivity contribution in [3.05, 3.63) is 29.8 Å². The Morgan fingerprint density at radius 3 is 2.27 bits per heavy atom. The minimum absolute atomic E-state index is 0.158. The summed E-state index contributed by atoms with van der Waals surface area (Å²) in [7, 11) is -2.20. The third kappa shape index (κ3) is 2.34. The highest BCUT2D eigenvalue weighted by Gasteiger charge is 2.19. The molecule has 0 bridgehead atoms. The molecule has 0 aliphatic heterocycles. The van der Waals surface area contributed by atoms with Crippen LogP contribution < -0.4 is 5.43 Å². The predicted molar refractivity (Wildman–Crippen MR) is 58.0 cm³/mol. The maximum absolute atomic E-state index is 11.8. The van der Waals surface area contributed by atoms with E-state index in [0.29, 0.717) is 0 Å². The second-order valence-electron chi connectivity index (χ2n) is 2.97. The molecule has 0 radical (unpaired) electrons. The van der Waals surface area contributed by atoms with Crippen LogP contribution in [0.25, 0.3) is 0 Å². The Hall–Kier alpha value is -1.40. The lowest BCUT2D eigenvalue weighted by Gasteiger charge is -2.17. The van der Waals surface area contributed by atoms with Crippen LogP contribution in [0.3, 0.4) is 0 Å². The summed E-state index contributed by atoms with van der Waals surface area (Å²) in [6, 6.07) is 6.45. The number of sulfonamides is 1. The van der Waals surface area contributed by atoms with Crippen LogP contribution in [-0.2, 0) is 10.0 Å². The number of nitrogens with zero attached hydrogens (tertiary/aromatic N) is 1. The Kier molecular flexibility index (Phi) is 3.43. The minimum Gasteiger partial charge on any atom is -0.289 e. The highest BCUT2D eigenvalue weighted by atomic mass is 32.2. The van der Waals surface area contributed by atoms with E-state index in [2.05, 4.69) is 5.43 Å². The highest BCUT2D eigenvalue weighted by molar-refractivity contribution is 7.89. The molecule has 0 atom stereocenters. The summed E-state index contributed by atoms with van der Waals surface area (Å²) < 4.78 is 24.4. The van der Waals surface area contributed by atoms with Gasteiger partial charge in [-0.25, -0.2) is 5.43 Å². The Labute approximate surface area is 89.3 Å². The number of rotatable bonds is 4. The van der Waals surface area contributed by atoms with Gasteiger partial charge in [0.05, 0.1) is 4.90 Å². The molecule has 5 nitrogen and oxygen atoms in total. The van der Waals surface area contributed by atoms with Crippen LogP contribution in [0.1, 0.15) is 5.56 Å². The van der Waals surface area contributed by atoms with Gasteiger partial charge in [-0.2, -0.15) is 12.8 Å². The zero-order valence-corrected chi connectivity index (χ0v) is 9.38. The molecule has 0 aromatic heterocycles. The Morgan fingerprint density at radius 1 is 1.33 bits per heavy atom. The third-order valence-electron chi connectivity index (χ3n) is 1.92. The zero-order chi connectivity index (χ0) is 11.5. The van der Waals surface area contributed by atoms with Gasteiger partial charge >= 0.3 is 0 Å². The molecule has 6 heteroatoms. The van der Waals surface area contributed by atoms with Crippen molar-refractivity contribution in [1.82, 2.24) is 9.84 Å². The van der Waals surface area contributed by atoms with Gasteiger partial charge in [0.15, 0.2) is 0 Å². The maximum atomic E-state index is 11.8. The molecule has 0 amide bonds. The Bertz CT molecular complexity index is 439. The SMILES string of the molecule is CNN(C=N)S(=O)(=O)c1ccc(C)cc1. The molecule has 0 spiro atoms. The van der Waals surface area contributed by atoms with E-state index in [-0.39, 0.29) is 4.90 Å². The Morgan fingerprint density at radius 2 is 1.87 bits per heavy atom. The summed E-state index contributed by atoms with van der Waals surface area (Å²) in [5.41, 5.74) is 3.39. The summed E-state index contributed by atoms with van der Waals surface area (Å²) in [4.78, 5) is 0.158. The third-order valence-corrected chi connectivity index (χ3v) is 3.59. The fourth-order valence-corrected chi connectivity index (χ4v) is 2.16. The lowest BCUT2D eigenvalue weighted by atomic mass is 10.2. The number of benzene rings is 1. The number of nitrogens with one attached hydrogen (secondary N) is 2. The molecule has 0 fully saturated rings. The summed E-state index contributed by atoms with van der Waals surface area (Å²) in [5, 5.41) is 6.97. The molecule has 0 saturated carbocycles. The molecule has 1 aromatic rings. The monoisotopic (exact) mass is 227 g/mol. The first kappa shape index (κ1) is 11.7. The smallest absolute Gasteiger partial charge is 0.278 e. The summed E-state index contributed by atoms with van der Waals surface area (Å²) >= 11 is 0. The van der Waals surface area contributed by atoms with E-state index in [1.54, 1.807) is 12.1 Å². The summed E-state index contributed by atoms with van der Waals surface area (Å²) in [6.07, 6.45) is 0.717. The largest absolute Gasteiger partial charge is 0.289 e. The predicted octanol–water partition coefficient (Wildman–Crippen LogP) is 0.727. The van der Waals surface area contributed by atoms with Gasteiger partial charge in [0, 0.05) is 7.05 Å². The summed E-state index contributed by atoms with van der Waals surface area (Å²) in [5.74, 6) is 0. The standard InChI is InChI=1S/C9H13N3O2S/c1-8-3-5-9(6-4-8)15(13,14)12(7-10)11-2/h3-7,10-11H,1-2H3. The van der Waals surface area contributed by atoms with Gasteiger partial charge in [0.2, 0.25) is 0 Å². The maximum Gasteiger partial charge on any atom is 0.278 e. The molecule has 0 heterocycles. The van der Waals surface area contributed by atoms with Crippen molar-refractivity contribution in [3.63, 3.8) is 0 Å². The molecular weight excluding hydrogens is 214 g/mol. The van der Waals surface area contributed by atoms with Gasteiger partial charge in [-0.15, -0.1) is 0 Å². The first-order chi connectivity index (χ1) is 7.02. The van der Waals surface area contributed by atoms with Crippen LogP contribution in [0.5, 0.6) is 0 Å². The van der Waals surface area contributed by atoms with Crippen molar-refractivity contribution in [2.75, 3.05) is 7.05 Å². The van der Waals surface area contributed by atoms with E-state index >= 15 is 0 Å². The van der Waals surface area contributed by atoms with Crippen LogP contribution in [0, 0.1) is 12.3 Å². The van der Waals surface area contributed by atoms with Crippen LogP contribution in [0.4, 0.5) is 0 Å². The topological polar surface area (TPSA) is 73.3 Å². The molecule has 0 aliphatic carbocycles. The minimum atomic E-state index is -3.64. The van der Waals surface area contributed by atoms with Crippen molar-refractivity contribution in [2.45, 2.75) is 11.8 Å². The quantitative estimate of drug-likeness (QED) is 0.452. The molecular formula is C9H13N3O2S. The van der Waals surface area contributed by atoms with E-state index in [0.717, 1.165) is 16.3 Å². The number of aryl methyl sites for hydroxylation is 1. The van der Waals surface area contributed by atoms with Crippen molar-refractivity contribution in [3.8, 4) is 0 Å². The van der Waals surface area contributed by atoms with Crippen molar-refractivity contribution in [2.24, 2.45) is 0 Å². The van der Waals surface area contributed by atoms with Gasteiger partial charge in [-0.3, -0.25) is 5.41 Å². The molecule has 1 rings (SSSR count). The van der Waals surface area contributed by atoms with Crippen LogP contribution >= 0.6 is 0 Å². The molecule has 15 heavy (non-hydrogen) atoms. The normalized spacial score (nSPS) is 11.1. The van der Waals surface area contributed by atoms with Gasteiger partial charge < -0.3 is 0 Å². The number of hydrogen-bond acceptors (Lipinski definition) is 4. The molecule has 82 valence electrons. The van der Waals surface area contributed by atoms with Crippen LogP contribution in [0.2, 0.25) is 0 Å². The van der Waals surface area contributed by atoms with Gasteiger partial charge in [-0.05, 0) is 19.1 Å². The number of hydrogen-bond donors (Lipinski definition) is 2. The first-order valence-corrected chi connectivity index (χ1v) is 5.75. The lowest BCUT2D eigenvalue weighted by Crippen LogP contribution is -2.38. The van der Waals surface area contributed by atoms with E-state index < -0.39 is 10.0 Å². The first-order valence-electron chi connectivity index (χ1n) is 4.31. The molecule has 0 unspecified atom stereocenters. The number of hydrazine groups is 1. The highest BCUT2D eigenvalue weighted by Crippen LogP contribution is 2.13. The average molecular weight is 227 g/mol. The van der Waals surface area contributed by atoms with Gasteiger partial charge in [0.25, 0.3) is 10.0 Å². The van der Waals surface area contributed by atoms with Crippen molar-refractivity contribution in [1.29, 1.82) is 5.41 Å². The fourth-order valence-electron chi connectivity index (χ4n) is 1.08. The van der Waals surface area contributed by atoms with Gasteiger partial charge in [-0.1, -0.05) is 17.7 Å². The zero-order valence-electron chi connectivity index (χ0n) is 8.56. The molecule has 2 N–H and O–H groups in total. The lowest BCUT2D eigenvalue weighted by molar-refractivity contribution is 0.474. The molecule has 1 aromatic carbocycles. The van der Waals surface area contributed by atoms with E-state index in [4.69, 9.17) is 5.41 Å². The van der Waals surface area contributed by atoms with Crippen molar-refractivity contribution >= 4 is 16.4 Å². The van der Waals surface area contributed by atoms with Crippen LogP contribution in [-0.4, -0.2) is 26.2 Å². The molecule has 0 saturated heterocycles. The van der Waals surface area contributed by atoms with Crippen LogP contribution in [0.15, 0.2) is 29.2 Å². The van der Waals surface area contributed by atoms with Crippen molar-refractivity contribution < 1.29 is 8.42 Å². The summed E-state index contributed by atoms with van der Waals surface area (Å²) in [6.45, 7) is 1.88.